The summed E-state index contributed by atoms with van der Waals surface area (Å²) in [6, 6.07) is 17.1. The molecule has 1 aliphatic rings. The first kappa shape index (κ1) is 11.5. The maximum absolute atomic E-state index is 5.28. The van der Waals surface area contributed by atoms with Crippen molar-refractivity contribution in [2.24, 2.45) is 0 Å². The zero-order valence-electron chi connectivity index (χ0n) is 10.2. The van der Waals surface area contributed by atoms with Gasteiger partial charge < -0.3 is 10.1 Å². The van der Waals surface area contributed by atoms with Crippen LogP contribution in [0.4, 0.5) is 5.69 Å². The molecule has 0 aliphatic carbocycles. The smallest absolute Gasteiger partial charge is 0.119 e. The Kier molecular flexibility index (Phi) is 3.15. The van der Waals surface area contributed by atoms with Gasteiger partial charge in [-0.3, -0.25) is 0 Å². The molecule has 3 rings (SSSR count). The summed E-state index contributed by atoms with van der Waals surface area (Å²) in [4.78, 5) is 1.33. The Morgan fingerprint density at radius 1 is 1.17 bits per heavy atom. The maximum Gasteiger partial charge on any atom is 0.119 e. The molecule has 0 saturated carbocycles. The Labute approximate surface area is 111 Å². The Bertz CT molecular complexity index is 556. The van der Waals surface area contributed by atoms with Crippen LogP contribution in [-0.2, 0) is 0 Å². The summed E-state index contributed by atoms with van der Waals surface area (Å²) in [6.45, 7) is 0. The van der Waals surface area contributed by atoms with Crippen molar-refractivity contribution in [3.63, 3.8) is 0 Å². The van der Waals surface area contributed by atoms with Crippen LogP contribution in [0.15, 0.2) is 53.4 Å². The van der Waals surface area contributed by atoms with Gasteiger partial charge in [0, 0.05) is 16.3 Å². The van der Waals surface area contributed by atoms with E-state index in [0.29, 0.717) is 6.04 Å². The lowest BCUT2D eigenvalue weighted by Crippen LogP contribution is -2.17. The molecule has 2 aromatic rings. The normalized spacial score (nSPS) is 17.7. The van der Waals surface area contributed by atoms with Gasteiger partial charge in [-0.25, -0.2) is 0 Å². The molecule has 1 atom stereocenters. The lowest BCUT2D eigenvalue weighted by molar-refractivity contribution is 0.414. The molecule has 0 aromatic heterocycles. The van der Waals surface area contributed by atoms with Gasteiger partial charge in [-0.05, 0) is 29.8 Å². The van der Waals surface area contributed by atoms with E-state index in [4.69, 9.17) is 4.74 Å². The Hall–Kier alpha value is -1.61. The van der Waals surface area contributed by atoms with E-state index in [-0.39, 0.29) is 0 Å². The molecule has 0 amide bonds. The number of thioether (sulfide) groups is 1. The molecule has 2 nitrogen and oxygen atoms in total. The fraction of sp³-hybridized carbons (Fsp3) is 0.200. The number of fused-ring (bicyclic) bond motifs is 1. The minimum absolute atomic E-state index is 0.347. The zero-order valence-corrected chi connectivity index (χ0v) is 11.0. The van der Waals surface area contributed by atoms with E-state index in [1.54, 1.807) is 7.11 Å². The van der Waals surface area contributed by atoms with Crippen LogP contribution in [0.5, 0.6) is 5.75 Å². The largest absolute Gasteiger partial charge is 0.497 e. The summed E-state index contributed by atoms with van der Waals surface area (Å²) in [6.07, 6.45) is 0. The fourth-order valence-corrected chi connectivity index (χ4v) is 3.23. The predicted octanol–water partition coefficient (Wildman–Crippen LogP) is 3.95. The molecule has 18 heavy (non-hydrogen) atoms. The SMILES string of the molecule is COc1cccc([C@@H]2CSc3ccccc3N2)c1. The number of nitrogens with one attached hydrogen (secondary N) is 1. The third kappa shape index (κ3) is 2.18. The summed E-state index contributed by atoms with van der Waals surface area (Å²) in [5, 5.41) is 3.59. The number of benzene rings is 2. The monoisotopic (exact) mass is 257 g/mol. The second-order valence-corrected chi connectivity index (χ2v) is 5.34. The third-order valence-corrected chi connectivity index (χ3v) is 4.29. The Balaban J connectivity index is 1.87. The minimum atomic E-state index is 0.347. The van der Waals surface area contributed by atoms with Crippen molar-refractivity contribution in [1.29, 1.82) is 0 Å². The van der Waals surface area contributed by atoms with Crippen molar-refractivity contribution in [3.05, 3.63) is 54.1 Å². The molecule has 0 fully saturated rings. The van der Waals surface area contributed by atoms with Crippen LogP contribution in [-0.4, -0.2) is 12.9 Å². The van der Waals surface area contributed by atoms with E-state index in [0.717, 1.165) is 11.5 Å². The van der Waals surface area contributed by atoms with Crippen molar-refractivity contribution >= 4 is 17.4 Å². The van der Waals surface area contributed by atoms with E-state index in [1.165, 1.54) is 16.1 Å². The molecule has 1 heterocycles. The zero-order chi connectivity index (χ0) is 12.4. The van der Waals surface area contributed by atoms with Gasteiger partial charge in [-0.15, -0.1) is 11.8 Å². The van der Waals surface area contributed by atoms with Gasteiger partial charge in [0.15, 0.2) is 0 Å². The molecule has 2 aromatic carbocycles. The molecular weight excluding hydrogens is 242 g/mol. The van der Waals surface area contributed by atoms with Crippen LogP contribution in [0.2, 0.25) is 0 Å². The van der Waals surface area contributed by atoms with Crippen LogP contribution in [0, 0.1) is 0 Å². The van der Waals surface area contributed by atoms with Gasteiger partial charge in [0.2, 0.25) is 0 Å². The Morgan fingerprint density at radius 3 is 2.94 bits per heavy atom. The van der Waals surface area contributed by atoms with Gasteiger partial charge in [-0.2, -0.15) is 0 Å². The first-order chi connectivity index (χ1) is 8.86. The quantitative estimate of drug-likeness (QED) is 0.880. The van der Waals surface area contributed by atoms with Crippen molar-refractivity contribution < 1.29 is 4.74 Å². The predicted molar refractivity (Wildman–Crippen MR) is 76.5 cm³/mol. The molecule has 0 radical (unpaired) electrons. The molecule has 0 bridgehead atoms. The van der Waals surface area contributed by atoms with Crippen LogP contribution < -0.4 is 10.1 Å². The van der Waals surface area contributed by atoms with Gasteiger partial charge in [0.1, 0.15) is 5.75 Å². The highest BCUT2D eigenvalue weighted by Gasteiger charge is 2.19. The van der Waals surface area contributed by atoms with E-state index in [1.807, 2.05) is 23.9 Å². The molecule has 0 unspecified atom stereocenters. The summed E-state index contributed by atoms with van der Waals surface area (Å²) < 4.78 is 5.28. The second-order valence-electron chi connectivity index (χ2n) is 4.28. The van der Waals surface area contributed by atoms with Crippen molar-refractivity contribution in [2.45, 2.75) is 10.9 Å². The van der Waals surface area contributed by atoms with E-state index in [2.05, 4.69) is 41.7 Å². The first-order valence-electron chi connectivity index (χ1n) is 5.99. The average molecular weight is 257 g/mol. The number of hydrogen-bond acceptors (Lipinski definition) is 3. The standard InChI is InChI=1S/C15H15NOS/c1-17-12-6-4-5-11(9-12)14-10-18-15-8-3-2-7-13(15)16-14/h2-9,14,16H,10H2,1H3/t14-/m0/s1. The van der Waals surface area contributed by atoms with Crippen molar-refractivity contribution in [1.82, 2.24) is 0 Å². The van der Waals surface area contributed by atoms with Gasteiger partial charge in [0.05, 0.1) is 13.2 Å². The lowest BCUT2D eigenvalue weighted by Gasteiger charge is -2.27. The van der Waals surface area contributed by atoms with E-state index < -0.39 is 0 Å². The van der Waals surface area contributed by atoms with Crippen molar-refractivity contribution in [2.75, 3.05) is 18.2 Å². The molecule has 1 N–H and O–H groups in total. The number of rotatable bonds is 2. The maximum atomic E-state index is 5.28. The van der Waals surface area contributed by atoms with Gasteiger partial charge >= 0.3 is 0 Å². The topological polar surface area (TPSA) is 21.3 Å². The number of ether oxygens (including phenoxy) is 1. The summed E-state index contributed by atoms with van der Waals surface area (Å²) >= 11 is 1.90. The molecule has 3 heteroatoms. The molecule has 0 saturated heterocycles. The number of para-hydroxylation sites is 1. The van der Waals surface area contributed by atoms with Crippen LogP contribution in [0.25, 0.3) is 0 Å². The molecule has 92 valence electrons. The second kappa shape index (κ2) is 4.94. The lowest BCUT2D eigenvalue weighted by atomic mass is 10.1. The van der Waals surface area contributed by atoms with Gasteiger partial charge in [-0.1, -0.05) is 24.3 Å². The summed E-state index contributed by atoms with van der Waals surface area (Å²) in [5.41, 5.74) is 2.50. The highest BCUT2D eigenvalue weighted by molar-refractivity contribution is 7.99. The molecule has 0 spiro atoms. The van der Waals surface area contributed by atoms with E-state index >= 15 is 0 Å². The van der Waals surface area contributed by atoms with Crippen molar-refractivity contribution in [3.8, 4) is 5.75 Å². The summed E-state index contributed by atoms with van der Waals surface area (Å²) in [7, 11) is 1.71. The average Bonchev–Trinajstić information content (AvgIpc) is 2.47. The van der Waals surface area contributed by atoms with Crippen LogP contribution in [0.1, 0.15) is 11.6 Å². The summed E-state index contributed by atoms with van der Waals surface area (Å²) in [5.74, 6) is 1.96. The Morgan fingerprint density at radius 2 is 2.06 bits per heavy atom. The number of anilines is 1. The van der Waals surface area contributed by atoms with Crippen LogP contribution >= 0.6 is 11.8 Å². The van der Waals surface area contributed by atoms with Gasteiger partial charge in [0.25, 0.3) is 0 Å². The third-order valence-electron chi connectivity index (χ3n) is 3.12. The highest BCUT2D eigenvalue weighted by Crippen LogP contribution is 2.38. The highest BCUT2D eigenvalue weighted by atomic mass is 32.2. The number of hydrogen-bond donors (Lipinski definition) is 1. The molecule has 1 aliphatic heterocycles. The number of methoxy groups -OCH3 is 1. The first-order valence-corrected chi connectivity index (χ1v) is 6.98. The van der Waals surface area contributed by atoms with E-state index in [9.17, 15) is 0 Å². The van der Waals surface area contributed by atoms with Crippen LogP contribution in [0.3, 0.4) is 0 Å². The molecular formula is C15H15NOS. The minimum Gasteiger partial charge on any atom is -0.497 e. The fourth-order valence-electron chi connectivity index (χ4n) is 2.15.